The van der Waals surface area contributed by atoms with Gasteiger partial charge in [0.1, 0.15) is 6.10 Å². The zero-order valence-electron chi connectivity index (χ0n) is 9.78. The molecule has 15 heavy (non-hydrogen) atoms. The van der Waals surface area contributed by atoms with Crippen LogP contribution < -0.4 is 5.32 Å². The predicted molar refractivity (Wildman–Crippen MR) is 56.4 cm³/mol. The van der Waals surface area contributed by atoms with Crippen LogP contribution in [0.5, 0.6) is 0 Å². The van der Waals surface area contributed by atoms with E-state index in [2.05, 4.69) is 22.4 Å². The smallest absolute Gasteiger partial charge is 0.243 e. The summed E-state index contributed by atoms with van der Waals surface area (Å²) >= 11 is 0. The Balaban J connectivity index is 2.58. The van der Waals surface area contributed by atoms with Crippen LogP contribution in [0.15, 0.2) is 4.52 Å². The Morgan fingerprint density at radius 2 is 2.20 bits per heavy atom. The summed E-state index contributed by atoms with van der Waals surface area (Å²) in [6.45, 7) is 6.95. The fraction of sp³-hybridized carbons (Fsp3) is 0.800. The first-order valence-corrected chi connectivity index (χ1v) is 5.28. The van der Waals surface area contributed by atoms with Crippen LogP contribution >= 0.6 is 0 Å². The highest BCUT2D eigenvalue weighted by Gasteiger charge is 2.16. The summed E-state index contributed by atoms with van der Waals surface area (Å²) in [5.41, 5.74) is 0. The first-order chi connectivity index (χ1) is 7.19. The molecule has 1 aromatic heterocycles. The highest BCUT2D eigenvalue weighted by molar-refractivity contribution is 4.93. The van der Waals surface area contributed by atoms with E-state index >= 15 is 0 Å². The van der Waals surface area contributed by atoms with Crippen LogP contribution in [0.25, 0.3) is 0 Å². The van der Waals surface area contributed by atoms with E-state index in [1.807, 2.05) is 13.8 Å². The second-order valence-corrected chi connectivity index (χ2v) is 3.54. The Morgan fingerprint density at radius 1 is 1.47 bits per heavy atom. The maximum Gasteiger partial charge on any atom is 0.243 e. The number of ether oxygens (including phenoxy) is 1. The molecule has 0 aromatic carbocycles. The van der Waals surface area contributed by atoms with Gasteiger partial charge in [-0.25, -0.2) is 0 Å². The zero-order chi connectivity index (χ0) is 11.3. The minimum Gasteiger partial charge on any atom is -0.374 e. The van der Waals surface area contributed by atoms with Gasteiger partial charge in [-0.2, -0.15) is 4.98 Å². The summed E-state index contributed by atoms with van der Waals surface area (Å²) in [5, 5.41) is 7.15. The third-order valence-corrected chi connectivity index (χ3v) is 2.25. The monoisotopic (exact) mass is 213 g/mol. The molecular formula is C10H19N3O2. The lowest BCUT2D eigenvalue weighted by Crippen LogP contribution is -2.19. The molecule has 0 aliphatic heterocycles. The second-order valence-electron chi connectivity index (χ2n) is 3.54. The van der Waals surface area contributed by atoms with Crippen molar-refractivity contribution in [3.05, 3.63) is 11.7 Å². The van der Waals surface area contributed by atoms with Crippen molar-refractivity contribution in [1.82, 2.24) is 15.5 Å². The van der Waals surface area contributed by atoms with Crippen LogP contribution in [-0.2, 0) is 4.74 Å². The average molecular weight is 213 g/mol. The first kappa shape index (κ1) is 12.1. The summed E-state index contributed by atoms with van der Waals surface area (Å²) in [5.74, 6) is 1.21. The van der Waals surface area contributed by atoms with Gasteiger partial charge in [-0.05, 0) is 26.8 Å². The molecule has 1 heterocycles. The summed E-state index contributed by atoms with van der Waals surface area (Å²) in [6, 6.07) is 0.0928. The largest absolute Gasteiger partial charge is 0.374 e. The zero-order valence-corrected chi connectivity index (χ0v) is 9.78. The van der Waals surface area contributed by atoms with E-state index in [0.29, 0.717) is 11.7 Å². The Labute approximate surface area is 90.2 Å². The van der Waals surface area contributed by atoms with Crippen LogP contribution in [-0.4, -0.2) is 23.8 Å². The molecule has 86 valence electrons. The van der Waals surface area contributed by atoms with Crippen molar-refractivity contribution in [2.75, 3.05) is 13.7 Å². The van der Waals surface area contributed by atoms with Gasteiger partial charge in [0.05, 0.1) is 6.04 Å². The van der Waals surface area contributed by atoms with Gasteiger partial charge in [0.15, 0.2) is 5.82 Å². The summed E-state index contributed by atoms with van der Waals surface area (Å²) < 4.78 is 10.2. The normalized spacial score (nSPS) is 15.2. The maximum absolute atomic E-state index is 5.14. The van der Waals surface area contributed by atoms with Crippen molar-refractivity contribution in [3.8, 4) is 0 Å². The molecule has 0 spiro atoms. The lowest BCUT2D eigenvalue weighted by atomic mass is 10.3. The van der Waals surface area contributed by atoms with Crippen molar-refractivity contribution in [2.24, 2.45) is 0 Å². The Kier molecular flexibility index (Phi) is 4.71. The van der Waals surface area contributed by atoms with Crippen LogP contribution in [0.3, 0.4) is 0 Å². The van der Waals surface area contributed by atoms with Crippen molar-refractivity contribution in [1.29, 1.82) is 0 Å². The fourth-order valence-electron chi connectivity index (χ4n) is 1.14. The summed E-state index contributed by atoms with van der Waals surface area (Å²) in [7, 11) is 1.62. The molecule has 2 unspecified atom stereocenters. The van der Waals surface area contributed by atoms with Gasteiger partial charge in [0.2, 0.25) is 5.89 Å². The van der Waals surface area contributed by atoms with E-state index in [4.69, 9.17) is 9.26 Å². The van der Waals surface area contributed by atoms with Gasteiger partial charge in [-0.3, -0.25) is 0 Å². The highest BCUT2D eigenvalue weighted by Crippen LogP contribution is 2.15. The number of rotatable bonds is 6. The maximum atomic E-state index is 5.14. The van der Waals surface area contributed by atoms with E-state index in [1.165, 1.54) is 0 Å². The van der Waals surface area contributed by atoms with Gasteiger partial charge in [-0.1, -0.05) is 12.1 Å². The number of nitrogens with one attached hydrogen (secondary N) is 1. The average Bonchev–Trinajstić information content (AvgIpc) is 2.74. The fourth-order valence-corrected chi connectivity index (χ4v) is 1.14. The molecule has 1 rings (SSSR count). The van der Waals surface area contributed by atoms with E-state index in [-0.39, 0.29) is 12.1 Å². The van der Waals surface area contributed by atoms with Crippen molar-refractivity contribution < 1.29 is 9.26 Å². The van der Waals surface area contributed by atoms with Crippen LogP contribution in [0.1, 0.15) is 51.1 Å². The van der Waals surface area contributed by atoms with Crippen LogP contribution in [0.2, 0.25) is 0 Å². The minimum absolute atomic E-state index is 0.0928. The first-order valence-electron chi connectivity index (χ1n) is 5.28. The summed E-state index contributed by atoms with van der Waals surface area (Å²) in [6.07, 6.45) is 0.959. The van der Waals surface area contributed by atoms with E-state index in [1.54, 1.807) is 7.11 Å². The molecule has 5 heteroatoms. The molecule has 0 fully saturated rings. The molecule has 0 aliphatic carbocycles. The van der Waals surface area contributed by atoms with E-state index < -0.39 is 0 Å². The van der Waals surface area contributed by atoms with Gasteiger partial charge < -0.3 is 14.6 Å². The highest BCUT2D eigenvalue weighted by atomic mass is 16.5. The number of methoxy groups -OCH3 is 1. The predicted octanol–water partition coefficient (Wildman–Crippen LogP) is 1.84. The molecule has 0 radical (unpaired) electrons. The molecule has 0 saturated carbocycles. The quantitative estimate of drug-likeness (QED) is 0.781. The number of aromatic nitrogens is 2. The molecule has 1 aromatic rings. The molecule has 5 nitrogen and oxygen atoms in total. The van der Waals surface area contributed by atoms with E-state index in [0.717, 1.165) is 13.0 Å². The third kappa shape index (κ3) is 3.28. The molecule has 1 N–H and O–H groups in total. The molecular weight excluding hydrogens is 194 g/mol. The molecule has 0 bridgehead atoms. The second kappa shape index (κ2) is 5.82. The van der Waals surface area contributed by atoms with E-state index in [9.17, 15) is 0 Å². The number of hydrogen-bond donors (Lipinski definition) is 1. The molecule has 2 atom stereocenters. The van der Waals surface area contributed by atoms with Crippen molar-refractivity contribution >= 4 is 0 Å². The lowest BCUT2D eigenvalue weighted by molar-refractivity contribution is 0.109. The standard InChI is InChI=1S/C10H19N3O2/c1-5-6-11-7(2)10-12-9(13-15-10)8(3)14-4/h7-8,11H,5-6H2,1-4H3. The topological polar surface area (TPSA) is 60.2 Å². The summed E-state index contributed by atoms with van der Waals surface area (Å²) in [4.78, 5) is 4.27. The molecule has 0 saturated heterocycles. The number of nitrogens with zero attached hydrogens (tertiary/aromatic N) is 2. The van der Waals surface area contributed by atoms with Gasteiger partial charge >= 0.3 is 0 Å². The molecule has 0 aliphatic rings. The Morgan fingerprint density at radius 3 is 2.80 bits per heavy atom. The Bertz CT molecular complexity index is 288. The van der Waals surface area contributed by atoms with Crippen LogP contribution in [0, 0.1) is 0 Å². The van der Waals surface area contributed by atoms with Gasteiger partial charge in [0.25, 0.3) is 0 Å². The SMILES string of the molecule is CCCNC(C)c1nc(C(C)OC)no1. The third-order valence-electron chi connectivity index (χ3n) is 2.25. The van der Waals surface area contributed by atoms with Gasteiger partial charge in [-0.15, -0.1) is 0 Å². The Hall–Kier alpha value is -0.940. The van der Waals surface area contributed by atoms with Crippen molar-refractivity contribution in [3.63, 3.8) is 0 Å². The molecule has 0 amide bonds. The minimum atomic E-state index is -0.124. The number of hydrogen-bond acceptors (Lipinski definition) is 5. The van der Waals surface area contributed by atoms with Crippen molar-refractivity contribution in [2.45, 2.75) is 39.3 Å². The van der Waals surface area contributed by atoms with Gasteiger partial charge in [0, 0.05) is 7.11 Å². The lowest BCUT2D eigenvalue weighted by Gasteiger charge is -2.07. The van der Waals surface area contributed by atoms with Crippen LogP contribution in [0.4, 0.5) is 0 Å².